The van der Waals surface area contributed by atoms with Gasteiger partial charge < -0.3 is 9.64 Å². The SMILES string of the molecule is CCc1cnc(O[C@@H]2C[C@H]3C[C@@H]2N(C(=O)c2nc(C)ccc2-n2nccn2)C3)nc1. The first-order valence-electron chi connectivity index (χ1n) is 10.2. The largest absolute Gasteiger partial charge is 0.458 e. The van der Waals surface area contributed by atoms with Gasteiger partial charge in [-0.2, -0.15) is 10.2 Å². The van der Waals surface area contributed by atoms with E-state index in [-0.39, 0.29) is 18.1 Å². The van der Waals surface area contributed by atoms with Crippen molar-refractivity contribution in [1.29, 1.82) is 0 Å². The van der Waals surface area contributed by atoms with Crippen LogP contribution in [0.5, 0.6) is 6.01 Å². The average molecular weight is 405 g/mol. The van der Waals surface area contributed by atoms with Gasteiger partial charge in [0.25, 0.3) is 5.91 Å². The zero-order chi connectivity index (χ0) is 20.7. The number of carbonyl (C=O) groups excluding carboxylic acids is 1. The molecule has 3 aromatic rings. The lowest BCUT2D eigenvalue weighted by atomic mass is 10.1. The standard InChI is InChI=1S/C21H23N7O2/c1-3-14-10-22-21(23-11-14)30-18-9-15-8-17(18)27(12-15)20(29)19-16(5-4-13(2)26-19)28-24-6-7-25-28/h4-7,10-11,15,17-18H,3,8-9,12H2,1-2H3/t15-,17+,18-/m1/s1. The van der Waals surface area contributed by atoms with Crippen LogP contribution in [-0.2, 0) is 6.42 Å². The first kappa shape index (κ1) is 18.7. The number of hydrogen-bond acceptors (Lipinski definition) is 7. The van der Waals surface area contributed by atoms with Crippen LogP contribution >= 0.6 is 0 Å². The number of aryl methyl sites for hydroxylation is 2. The number of likely N-dealkylation sites (tertiary alicyclic amines) is 1. The summed E-state index contributed by atoms with van der Waals surface area (Å²) in [6.45, 7) is 4.64. The Morgan fingerprint density at radius 3 is 2.63 bits per heavy atom. The van der Waals surface area contributed by atoms with E-state index in [0.717, 1.165) is 30.5 Å². The number of amides is 1. The fraction of sp³-hybridized carbons (Fsp3) is 0.429. The van der Waals surface area contributed by atoms with Crippen molar-refractivity contribution >= 4 is 5.91 Å². The van der Waals surface area contributed by atoms with Gasteiger partial charge in [-0.05, 0) is 49.8 Å². The topological polar surface area (TPSA) is 98.9 Å². The molecule has 3 aromatic heterocycles. The van der Waals surface area contributed by atoms with Crippen LogP contribution in [0.25, 0.3) is 5.69 Å². The maximum atomic E-state index is 13.5. The highest BCUT2D eigenvalue weighted by atomic mass is 16.5. The molecule has 4 heterocycles. The quantitative estimate of drug-likeness (QED) is 0.640. The molecule has 1 saturated heterocycles. The molecule has 1 amide bonds. The molecule has 0 N–H and O–H groups in total. The molecule has 1 saturated carbocycles. The zero-order valence-corrected chi connectivity index (χ0v) is 17.0. The molecule has 154 valence electrons. The number of ether oxygens (including phenoxy) is 1. The predicted molar refractivity (Wildman–Crippen MR) is 107 cm³/mol. The zero-order valence-electron chi connectivity index (χ0n) is 17.0. The molecule has 0 aromatic carbocycles. The second-order valence-electron chi connectivity index (χ2n) is 7.88. The monoisotopic (exact) mass is 405 g/mol. The maximum absolute atomic E-state index is 13.5. The summed E-state index contributed by atoms with van der Waals surface area (Å²) in [5, 5.41) is 8.34. The van der Waals surface area contributed by atoms with E-state index >= 15 is 0 Å². The Morgan fingerprint density at radius 2 is 1.93 bits per heavy atom. The molecule has 0 unspecified atom stereocenters. The van der Waals surface area contributed by atoms with E-state index in [0.29, 0.717) is 29.9 Å². The summed E-state index contributed by atoms with van der Waals surface area (Å²) in [5.41, 5.74) is 2.78. The normalized spacial score (nSPS) is 22.5. The van der Waals surface area contributed by atoms with Crippen LogP contribution in [-0.4, -0.2) is 59.4 Å². The van der Waals surface area contributed by atoms with Crippen LogP contribution in [0.2, 0.25) is 0 Å². The summed E-state index contributed by atoms with van der Waals surface area (Å²) in [4.78, 5) is 30.0. The van der Waals surface area contributed by atoms with Gasteiger partial charge in [0.1, 0.15) is 11.8 Å². The second-order valence-corrected chi connectivity index (χ2v) is 7.88. The number of pyridine rings is 1. The Balaban J connectivity index is 1.39. The molecular formula is C21H23N7O2. The average Bonchev–Trinajstić information content (AvgIpc) is 3.51. The van der Waals surface area contributed by atoms with E-state index in [1.54, 1.807) is 24.8 Å². The Bertz CT molecular complexity index is 1050. The summed E-state index contributed by atoms with van der Waals surface area (Å²) in [6.07, 6.45) is 9.34. The second kappa shape index (κ2) is 7.47. The summed E-state index contributed by atoms with van der Waals surface area (Å²) in [6, 6.07) is 4.04. The van der Waals surface area contributed by atoms with Gasteiger partial charge in [-0.3, -0.25) is 4.79 Å². The minimum absolute atomic E-state index is 0.0160. The van der Waals surface area contributed by atoms with Crippen LogP contribution in [0, 0.1) is 12.8 Å². The third kappa shape index (κ3) is 3.30. The highest BCUT2D eigenvalue weighted by Crippen LogP contribution is 2.40. The number of rotatable bonds is 5. The molecule has 1 aliphatic heterocycles. The molecule has 5 rings (SSSR count). The van der Waals surface area contributed by atoms with Crippen molar-refractivity contribution in [3.05, 3.63) is 53.9 Å². The number of fused-ring (bicyclic) bond motifs is 2. The van der Waals surface area contributed by atoms with E-state index in [4.69, 9.17) is 4.74 Å². The van der Waals surface area contributed by atoms with Gasteiger partial charge >= 0.3 is 6.01 Å². The van der Waals surface area contributed by atoms with Gasteiger partial charge in [0.15, 0.2) is 5.69 Å². The lowest BCUT2D eigenvalue weighted by molar-refractivity contribution is 0.0447. The van der Waals surface area contributed by atoms with Crippen LogP contribution in [0.15, 0.2) is 36.9 Å². The first-order valence-corrected chi connectivity index (χ1v) is 10.2. The molecule has 30 heavy (non-hydrogen) atoms. The van der Waals surface area contributed by atoms with E-state index in [1.165, 1.54) is 4.80 Å². The van der Waals surface area contributed by atoms with Gasteiger partial charge in [0.05, 0.1) is 18.4 Å². The van der Waals surface area contributed by atoms with Gasteiger partial charge in [-0.15, -0.1) is 4.80 Å². The van der Waals surface area contributed by atoms with Crippen molar-refractivity contribution in [3.8, 4) is 11.7 Å². The Kier molecular flexibility index (Phi) is 4.65. The summed E-state index contributed by atoms with van der Waals surface area (Å²) in [5.74, 6) is 0.295. The molecule has 0 spiro atoms. The summed E-state index contributed by atoms with van der Waals surface area (Å²) >= 11 is 0. The van der Waals surface area contributed by atoms with Gasteiger partial charge in [0.2, 0.25) is 0 Å². The van der Waals surface area contributed by atoms with Crippen molar-refractivity contribution in [2.75, 3.05) is 6.54 Å². The summed E-state index contributed by atoms with van der Waals surface area (Å²) < 4.78 is 6.08. The molecule has 0 radical (unpaired) electrons. The number of hydrogen-bond donors (Lipinski definition) is 0. The van der Waals surface area contributed by atoms with Crippen molar-refractivity contribution in [3.63, 3.8) is 0 Å². The Hall–Kier alpha value is -3.36. The highest BCUT2D eigenvalue weighted by molar-refractivity contribution is 5.96. The predicted octanol–water partition coefficient (Wildman–Crippen LogP) is 2.01. The Morgan fingerprint density at radius 1 is 1.17 bits per heavy atom. The Labute approximate surface area is 174 Å². The fourth-order valence-corrected chi connectivity index (χ4v) is 4.39. The molecule has 9 heteroatoms. The molecule has 2 fully saturated rings. The van der Waals surface area contributed by atoms with Crippen molar-refractivity contribution in [2.45, 2.75) is 45.3 Å². The van der Waals surface area contributed by atoms with Crippen molar-refractivity contribution in [1.82, 2.24) is 34.8 Å². The third-order valence-corrected chi connectivity index (χ3v) is 5.88. The molecular weight excluding hydrogens is 382 g/mol. The lowest BCUT2D eigenvalue weighted by Crippen LogP contribution is -2.47. The van der Waals surface area contributed by atoms with Gasteiger partial charge in [-0.1, -0.05) is 6.92 Å². The van der Waals surface area contributed by atoms with E-state index in [2.05, 4.69) is 32.1 Å². The van der Waals surface area contributed by atoms with Crippen LogP contribution in [0.1, 0.15) is 41.5 Å². The highest BCUT2D eigenvalue weighted by Gasteiger charge is 2.49. The van der Waals surface area contributed by atoms with Crippen molar-refractivity contribution in [2.24, 2.45) is 5.92 Å². The number of carbonyl (C=O) groups is 1. The van der Waals surface area contributed by atoms with E-state index < -0.39 is 0 Å². The maximum Gasteiger partial charge on any atom is 0.316 e. The summed E-state index contributed by atoms with van der Waals surface area (Å²) in [7, 11) is 0. The number of aromatic nitrogens is 6. The smallest absolute Gasteiger partial charge is 0.316 e. The lowest BCUT2D eigenvalue weighted by Gasteiger charge is -2.33. The van der Waals surface area contributed by atoms with Crippen LogP contribution < -0.4 is 4.74 Å². The van der Waals surface area contributed by atoms with Crippen LogP contribution in [0.3, 0.4) is 0 Å². The van der Waals surface area contributed by atoms with Gasteiger partial charge in [0, 0.05) is 24.6 Å². The molecule has 2 bridgehead atoms. The fourth-order valence-electron chi connectivity index (χ4n) is 4.39. The van der Waals surface area contributed by atoms with E-state index in [1.807, 2.05) is 24.0 Å². The first-order chi connectivity index (χ1) is 14.6. The third-order valence-electron chi connectivity index (χ3n) is 5.88. The number of piperidine rings is 1. The molecule has 3 atom stereocenters. The van der Waals surface area contributed by atoms with Crippen LogP contribution in [0.4, 0.5) is 0 Å². The minimum atomic E-state index is -0.117. The molecule has 1 aliphatic carbocycles. The van der Waals surface area contributed by atoms with E-state index in [9.17, 15) is 4.79 Å². The molecule has 2 aliphatic rings. The molecule has 9 nitrogen and oxygen atoms in total. The van der Waals surface area contributed by atoms with Crippen molar-refractivity contribution < 1.29 is 9.53 Å². The van der Waals surface area contributed by atoms with Gasteiger partial charge in [-0.25, -0.2) is 15.0 Å². The minimum Gasteiger partial charge on any atom is -0.458 e. The number of nitrogens with zero attached hydrogens (tertiary/aromatic N) is 7.